The zero-order valence-corrected chi connectivity index (χ0v) is 21.1. The molecule has 184 valence electrons. The van der Waals surface area contributed by atoms with Crippen LogP contribution in [0.1, 0.15) is 54.6 Å². The normalized spacial score (nSPS) is 19.5. The second-order valence-corrected chi connectivity index (χ2v) is 10.3. The summed E-state index contributed by atoms with van der Waals surface area (Å²) in [5, 5.41) is 10.2. The predicted octanol–water partition coefficient (Wildman–Crippen LogP) is 5.05. The van der Waals surface area contributed by atoms with Crippen molar-refractivity contribution in [1.29, 1.82) is 0 Å². The maximum Gasteiger partial charge on any atom is 0.328 e. The van der Waals surface area contributed by atoms with Crippen molar-refractivity contribution in [1.82, 2.24) is 4.98 Å². The average Bonchev–Trinajstić information content (AvgIpc) is 3.36. The van der Waals surface area contributed by atoms with Gasteiger partial charge < -0.3 is 10.0 Å². The molecule has 0 bridgehead atoms. The number of ketones is 1. The summed E-state index contributed by atoms with van der Waals surface area (Å²) in [6.45, 7) is 4.57. The van der Waals surface area contributed by atoms with Gasteiger partial charge in [-0.1, -0.05) is 49.2 Å². The lowest BCUT2D eigenvalue weighted by Crippen LogP contribution is -2.29. The SMILES string of the molecule is CC(C)CC1C(=O)CCC1=NC(Cc1ccc2c(c1)CCN2C(=O)c1c(Cl)cncc1Cl)C(=O)O. The van der Waals surface area contributed by atoms with Crippen LogP contribution in [0, 0.1) is 11.8 Å². The topological polar surface area (TPSA) is 99.9 Å². The van der Waals surface area contributed by atoms with Crippen molar-refractivity contribution in [2.75, 3.05) is 11.4 Å². The lowest BCUT2D eigenvalue weighted by Gasteiger charge is -2.19. The van der Waals surface area contributed by atoms with Crippen LogP contribution in [0.2, 0.25) is 10.0 Å². The van der Waals surface area contributed by atoms with Crippen LogP contribution in [0.25, 0.3) is 0 Å². The first-order valence-corrected chi connectivity index (χ1v) is 12.5. The summed E-state index contributed by atoms with van der Waals surface area (Å²) < 4.78 is 0. The van der Waals surface area contributed by atoms with Crippen LogP contribution in [0.4, 0.5) is 5.69 Å². The second-order valence-electron chi connectivity index (χ2n) is 9.48. The molecule has 9 heteroatoms. The number of aromatic nitrogens is 1. The third kappa shape index (κ3) is 5.41. The molecule has 0 saturated heterocycles. The number of amides is 1. The Morgan fingerprint density at radius 3 is 2.54 bits per heavy atom. The zero-order chi connectivity index (χ0) is 25.3. The number of carbonyl (C=O) groups is 3. The van der Waals surface area contributed by atoms with Crippen molar-refractivity contribution in [3.63, 3.8) is 0 Å². The van der Waals surface area contributed by atoms with E-state index < -0.39 is 12.0 Å². The molecule has 0 radical (unpaired) electrons. The largest absolute Gasteiger partial charge is 0.480 e. The van der Waals surface area contributed by atoms with Crippen LogP contribution in [-0.4, -0.2) is 46.0 Å². The molecule has 1 N–H and O–H groups in total. The number of aliphatic carboxylic acids is 1. The van der Waals surface area contributed by atoms with Crippen LogP contribution < -0.4 is 4.90 Å². The zero-order valence-electron chi connectivity index (χ0n) is 19.6. The standard InChI is InChI=1S/C26H27Cl2N3O4/c1-14(2)9-17-20(4-6-23(17)32)30-21(26(34)35)11-15-3-5-22-16(10-15)7-8-31(22)25(33)24-18(27)12-29-13-19(24)28/h3,5,10,12-14,17,21H,4,6-9,11H2,1-2H3,(H,34,35). The second kappa shape index (κ2) is 10.5. The molecule has 2 aromatic rings. The minimum atomic E-state index is -1.01. The molecule has 35 heavy (non-hydrogen) atoms. The number of pyridine rings is 1. The van der Waals surface area contributed by atoms with Crippen molar-refractivity contribution in [3.8, 4) is 0 Å². The number of benzene rings is 1. The number of hydrogen-bond donors (Lipinski definition) is 1. The molecule has 7 nitrogen and oxygen atoms in total. The van der Waals surface area contributed by atoms with Crippen LogP contribution >= 0.6 is 23.2 Å². The Kier molecular flexibility index (Phi) is 7.57. The van der Waals surface area contributed by atoms with Gasteiger partial charge in [0.25, 0.3) is 5.91 Å². The van der Waals surface area contributed by atoms with E-state index in [-0.39, 0.29) is 39.6 Å². The van der Waals surface area contributed by atoms with Crippen molar-refractivity contribution in [2.24, 2.45) is 16.8 Å². The number of hydrogen-bond acceptors (Lipinski definition) is 5. The molecule has 1 aromatic carbocycles. The molecular formula is C26H27Cl2N3O4. The van der Waals surface area contributed by atoms with Gasteiger partial charge in [-0.3, -0.25) is 19.6 Å². The minimum Gasteiger partial charge on any atom is -0.480 e. The Labute approximate surface area is 214 Å². The van der Waals surface area contributed by atoms with Gasteiger partial charge in [-0.2, -0.15) is 0 Å². The Morgan fingerprint density at radius 2 is 1.89 bits per heavy atom. The van der Waals surface area contributed by atoms with Crippen molar-refractivity contribution >= 4 is 52.3 Å². The van der Waals surface area contributed by atoms with E-state index in [1.54, 1.807) is 4.90 Å². The molecule has 2 heterocycles. The summed E-state index contributed by atoms with van der Waals surface area (Å²) in [5.41, 5.74) is 3.44. The Hall–Kier alpha value is -2.77. The van der Waals surface area contributed by atoms with Crippen LogP contribution in [0.3, 0.4) is 0 Å². The third-order valence-electron chi connectivity index (χ3n) is 6.51. The van der Waals surface area contributed by atoms with Gasteiger partial charge in [0.15, 0.2) is 6.04 Å². The van der Waals surface area contributed by atoms with Gasteiger partial charge in [-0.25, -0.2) is 4.79 Å². The number of anilines is 1. The highest BCUT2D eigenvalue weighted by Crippen LogP contribution is 2.34. The van der Waals surface area contributed by atoms with Crippen LogP contribution in [0.5, 0.6) is 0 Å². The summed E-state index contributed by atoms with van der Waals surface area (Å²) in [6, 6.07) is 4.62. The molecule has 2 unspecified atom stereocenters. The quantitative estimate of drug-likeness (QED) is 0.555. The molecule has 2 atom stereocenters. The van der Waals surface area contributed by atoms with E-state index in [0.717, 1.165) is 16.8 Å². The van der Waals surface area contributed by atoms with Gasteiger partial charge >= 0.3 is 5.97 Å². The Balaban J connectivity index is 1.55. The van der Waals surface area contributed by atoms with Gasteiger partial charge in [0, 0.05) is 43.2 Å². The number of Topliss-reactive ketones (excluding diaryl/α,β-unsaturated/α-hetero) is 1. The number of rotatable bonds is 7. The van der Waals surface area contributed by atoms with Crippen LogP contribution in [-0.2, 0) is 22.4 Å². The van der Waals surface area contributed by atoms with E-state index in [4.69, 9.17) is 23.2 Å². The summed E-state index contributed by atoms with van der Waals surface area (Å²) in [5.74, 6) is -1.11. The van der Waals surface area contributed by atoms with E-state index in [2.05, 4.69) is 9.98 Å². The third-order valence-corrected chi connectivity index (χ3v) is 7.09. The molecule has 1 aliphatic carbocycles. The van der Waals surface area contributed by atoms with Gasteiger partial charge in [-0.15, -0.1) is 0 Å². The molecule has 1 aromatic heterocycles. The Morgan fingerprint density at radius 1 is 1.17 bits per heavy atom. The van der Waals surface area contributed by atoms with Gasteiger partial charge in [0.1, 0.15) is 5.78 Å². The summed E-state index contributed by atoms with van der Waals surface area (Å²) in [4.78, 5) is 47.5. The number of halogens is 2. The monoisotopic (exact) mass is 515 g/mol. The molecule has 2 aliphatic rings. The summed E-state index contributed by atoms with van der Waals surface area (Å²) in [7, 11) is 0. The number of fused-ring (bicyclic) bond motifs is 1. The number of aliphatic imine (C=N–C) groups is 1. The highest BCUT2D eigenvalue weighted by Gasteiger charge is 2.33. The van der Waals surface area contributed by atoms with Gasteiger partial charge in [-0.05, 0) is 42.4 Å². The molecule has 1 fully saturated rings. The number of nitrogens with zero attached hydrogens (tertiary/aromatic N) is 3. The van der Waals surface area contributed by atoms with Gasteiger partial charge in [0.2, 0.25) is 0 Å². The molecule has 0 spiro atoms. The van der Waals surface area contributed by atoms with E-state index >= 15 is 0 Å². The minimum absolute atomic E-state index is 0.151. The number of carboxylic acids is 1. The first-order valence-electron chi connectivity index (χ1n) is 11.7. The van der Waals surface area contributed by atoms with E-state index in [1.807, 2.05) is 32.0 Å². The van der Waals surface area contributed by atoms with E-state index in [1.165, 1.54) is 12.4 Å². The van der Waals surface area contributed by atoms with Crippen LogP contribution in [0.15, 0.2) is 35.6 Å². The smallest absolute Gasteiger partial charge is 0.328 e. The highest BCUT2D eigenvalue weighted by atomic mass is 35.5. The fourth-order valence-corrected chi connectivity index (χ4v) is 5.36. The fraction of sp³-hybridized carbons (Fsp3) is 0.423. The maximum atomic E-state index is 13.1. The fourth-order valence-electron chi connectivity index (χ4n) is 4.83. The summed E-state index contributed by atoms with van der Waals surface area (Å²) in [6.07, 6.45) is 5.27. The Bertz CT molecular complexity index is 1190. The molecule has 4 rings (SSSR count). The van der Waals surface area contributed by atoms with Crippen molar-refractivity contribution in [2.45, 2.75) is 52.0 Å². The number of carboxylic acid groups (broad SMARTS) is 1. The first kappa shape index (κ1) is 25.3. The molecule has 1 saturated carbocycles. The lowest BCUT2D eigenvalue weighted by molar-refractivity contribution is -0.138. The maximum absolute atomic E-state index is 13.1. The lowest BCUT2D eigenvalue weighted by atomic mass is 9.93. The molecular weight excluding hydrogens is 489 g/mol. The van der Waals surface area contributed by atoms with E-state index in [0.29, 0.717) is 43.9 Å². The van der Waals surface area contributed by atoms with Crippen molar-refractivity contribution < 1.29 is 19.5 Å². The van der Waals surface area contributed by atoms with E-state index in [9.17, 15) is 19.5 Å². The highest BCUT2D eigenvalue weighted by molar-refractivity contribution is 6.40. The predicted molar refractivity (Wildman–Crippen MR) is 136 cm³/mol. The summed E-state index contributed by atoms with van der Waals surface area (Å²) >= 11 is 12.4. The van der Waals surface area contributed by atoms with Crippen molar-refractivity contribution in [3.05, 3.63) is 57.3 Å². The molecule has 1 amide bonds. The first-order chi connectivity index (χ1) is 16.7. The average molecular weight is 516 g/mol. The molecule has 1 aliphatic heterocycles. The number of carbonyl (C=O) groups excluding carboxylic acids is 2. The van der Waals surface area contributed by atoms with Gasteiger partial charge in [0.05, 0.1) is 21.5 Å².